The molecule has 1 aromatic heterocycles. The number of hydrazone groups is 1. The highest BCUT2D eigenvalue weighted by molar-refractivity contribution is 7.13. The van der Waals surface area contributed by atoms with E-state index in [1.54, 1.807) is 24.3 Å². The minimum atomic E-state index is -0.228. The van der Waals surface area contributed by atoms with Crippen molar-refractivity contribution < 1.29 is 0 Å². The molecule has 0 spiro atoms. The third-order valence-corrected chi connectivity index (χ3v) is 6.46. The number of rotatable bonds is 5. The summed E-state index contributed by atoms with van der Waals surface area (Å²) in [6, 6.07) is 24.5. The van der Waals surface area contributed by atoms with Crippen molar-refractivity contribution >= 4 is 56.8 Å². The van der Waals surface area contributed by atoms with Gasteiger partial charge in [-0.2, -0.15) is 5.10 Å². The Labute approximate surface area is 203 Å². The lowest BCUT2D eigenvalue weighted by Gasteiger charge is -2.22. The summed E-state index contributed by atoms with van der Waals surface area (Å²) in [6.45, 7) is 0. The van der Waals surface area contributed by atoms with Crippen LogP contribution in [-0.4, -0.2) is 10.7 Å². The molecule has 33 heavy (non-hydrogen) atoms. The molecule has 4 aromatic rings. The first-order valence-corrected chi connectivity index (χ1v) is 11.7. The highest BCUT2D eigenvalue weighted by Gasteiger charge is 2.32. The van der Waals surface area contributed by atoms with E-state index in [1.807, 2.05) is 59.6 Å². The summed E-state index contributed by atoms with van der Waals surface area (Å²) in [7, 11) is 0. The average Bonchev–Trinajstić information content (AvgIpc) is 3.43. The average molecular weight is 494 g/mol. The summed E-state index contributed by atoms with van der Waals surface area (Å²) < 4.78 is 0. The Morgan fingerprint density at radius 1 is 0.909 bits per heavy atom. The van der Waals surface area contributed by atoms with Gasteiger partial charge in [0.15, 0.2) is 10.8 Å². The molecule has 5 rings (SSSR count). The van der Waals surface area contributed by atoms with Crippen LogP contribution in [0.15, 0.2) is 99.0 Å². The number of thiazole rings is 1. The first-order valence-electron chi connectivity index (χ1n) is 10.1. The fourth-order valence-electron chi connectivity index (χ4n) is 3.61. The van der Waals surface area contributed by atoms with Crippen LogP contribution in [0.3, 0.4) is 0 Å². The molecular weight excluding hydrogens is 477 g/mol. The van der Waals surface area contributed by atoms with E-state index in [9.17, 15) is 4.79 Å². The van der Waals surface area contributed by atoms with Gasteiger partial charge in [0.25, 0.3) is 0 Å². The molecule has 0 unspecified atom stereocenters. The Balaban J connectivity index is 1.55. The van der Waals surface area contributed by atoms with E-state index in [0.717, 1.165) is 28.2 Å². The van der Waals surface area contributed by atoms with Crippen LogP contribution in [0.2, 0.25) is 10.0 Å². The lowest BCUT2D eigenvalue weighted by molar-refractivity contribution is 0.700. The molecule has 164 valence electrons. The van der Waals surface area contributed by atoms with E-state index in [0.29, 0.717) is 33.0 Å². The predicted octanol–water partition coefficient (Wildman–Crippen LogP) is 7.51. The van der Waals surface area contributed by atoms with E-state index >= 15 is 0 Å². The normalized spacial score (nSPS) is 15.9. The van der Waals surface area contributed by atoms with Gasteiger partial charge in [-0.25, -0.2) is 5.01 Å². The summed E-state index contributed by atoms with van der Waals surface area (Å²) in [5, 5.41) is 17.1. The fraction of sp³-hybridized carbons (Fsp3) is 0.0833. The topological polar surface area (TPSA) is 73.2 Å². The number of nitrogens with one attached hydrogen (secondary N) is 1. The van der Waals surface area contributed by atoms with Gasteiger partial charge in [-0.3, -0.25) is 9.78 Å². The zero-order valence-electron chi connectivity index (χ0n) is 17.2. The van der Waals surface area contributed by atoms with Gasteiger partial charge in [0, 0.05) is 16.5 Å². The Kier molecular flexibility index (Phi) is 6.09. The van der Waals surface area contributed by atoms with E-state index in [1.165, 1.54) is 0 Å². The maximum atomic E-state index is 12.3. The molecule has 1 aliphatic rings. The van der Waals surface area contributed by atoms with E-state index in [-0.39, 0.29) is 10.9 Å². The molecular formula is C24H17Cl2N5OS. The lowest BCUT2D eigenvalue weighted by atomic mass is 9.98. The monoisotopic (exact) mass is 493 g/mol. The molecule has 9 heteroatoms. The quantitative estimate of drug-likeness (QED) is 0.292. The minimum Gasteiger partial charge on any atom is -0.296 e. The van der Waals surface area contributed by atoms with Gasteiger partial charge in [0.2, 0.25) is 0 Å². The fourth-order valence-corrected chi connectivity index (χ4v) is 4.51. The largest absolute Gasteiger partial charge is 0.308 e. The molecule has 3 aromatic carbocycles. The maximum Gasteiger partial charge on any atom is 0.308 e. The molecule has 0 aliphatic carbocycles. The van der Waals surface area contributed by atoms with Crippen molar-refractivity contribution in [2.45, 2.75) is 12.5 Å². The molecule has 1 atom stereocenters. The zero-order valence-corrected chi connectivity index (χ0v) is 19.5. The SMILES string of the molecule is O=c1[nH]c(N2N=C(c3ccccc3)C[C@H]2c2ccc(Cl)cc2)c(N=Nc2ccc(Cl)cc2)s1. The summed E-state index contributed by atoms with van der Waals surface area (Å²) in [6.07, 6.45) is 0.664. The molecule has 0 amide bonds. The van der Waals surface area contributed by atoms with Crippen molar-refractivity contribution in [3.05, 3.63) is 110 Å². The van der Waals surface area contributed by atoms with Gasteiger partial charge in [-0.15, -0.1) is 10.2 Å². The van der Waals surface area contributed by atoms with Gasteiger partial charge in [0.1, 0.15) is 0 Å². The van der Waals surface area contributed by atoms with Crippen LogP contribution in [0, 0.1) is 0 Å². The number of aromatic amines is 1. The maximum absolute atomic E-state index is 12.3. The Bertz CT molecular complexity index is 1380. The van der Waals surface area contributed by atoms with E-state index < -0.39 is 0 Å². The molecule has 1 aliphatic heterocycles. The molecule has 0 radical (unpaired) electrons. The van der Waals surface area contributed by atoms with Gasteiger partial charge >= 0.3 is 4.87 Å². The Hall–Kier alpha value is -3.26. The number of H-pyrrole nitrogens is 1. The number of halogens is 2. The molecule has 0 fully saturated rings. The third kappa shape index (κ3) is 4.75. The van der Waals surface area contributed by atoms with E-state index in [2.05, 4.69) is 15.2 Å². The van der Waals surface area contributed by atoms with Gasteiger partial charge in [-0.05, 0) is 47.5 Å². The molecule has 1 N–H and O–H groups in total. The Morgan fingerprint density at radius 3 is 2.27 bits per heavy atom. The number of nitrogens with zero attached hydrogens (tertiary/aromatic N) is 4. The van der Waals surface area contributed by atoms with Crippen LogP contribution in [0.25, 0.3) is 0 Å². The van der Waals surface area contributed by atoms with Crippen LogP contribution in [0.5, 0.6) is 0 Å². The molecule has 0 saturated heterocycles. The zero-order chi connectivity index (χ0) is 22.8. The Morgan fingerprint density at radius 2 is 1.58 bits per heavy atom. The molecule has 0 saturated carbocycles. The standard InChI is InChI=1S/C24H17Cl2N5OS/c25-17-8-6-16(7-9-17)21-14-20(15-4-2-1-3-5-15)30-31(21)22-23(33-24(32)27-22)29-28-19-12-10-18(26)11-13-19/h1-13,21H,14H2,(H,27,32)/t21-/m0/s1. The van der Waals surface area contributed by atoms with Crippen molar-refractivity contribution in [2.24, 2.45) is 15.3 Å². The number of hydrogen-bond acceptors (Lipinski definition) is 6. The van der Waals surface area contributed by atoms with Crippen LogP contribution < -0.4 is 9.88 Å². The molecule has 6 nitrogen and oxygen atoms in total. The van der Waals surface area contributed by atoms with Crippen molar-refractivity contribution in [2.75, 3.05) is 5.01 Å². The van der Waals surface area contributed by atoms with Crippen LogP contribution in [0.1, 0.15) is 23.6 Å². The minimum absolute atomic E-state index is 0.132. The second-order valence-corrected chi connectivity index (χ2v) is 9.21. The van der Waals surface area contributed by atoms with Gasteiger partial charge < -0.3 is 0 Å². The summed E-state index contributed by atoms with van der Waals surface area (Å²) in [4.78, 5) is 15.0. The second kappa shape index (κ2) is 9.31. The summed E-state index contributed by atoms with van der Waals surface area (Å²) in [5.41, 5.74) is 3.61. The van der Waals surface area contributed by atoms with Gasteiger partial charge in [0.05, 0.1) is 17.4 Å². The van der Waals surface area contributed by atoms with Crippen LogP contribution >= 0.6 is 34.5 Å². The molecule has 2 heterocycles. The van der Waals surface area contributed by atoms with Crippen molar-refractivity contribution in [1.82, 2.24) is 4.98 Å². The number of benzene rings is 3. The predicted molar refractivity (Wildman–Crippen MR) is 135 cm³/mol. The number of azo groups is 1. The third-order valence-electron chi connectivity index (χ3n) is 5.20. The smallest absolute Gasteiger partial charge is 0.296 e. The first kappa shape index (κ1) is 21.6. The number of anilines is 1. The lowest BCUT2D eigenvalue weighted by Crippen LogP contribution is -2.19. The van der Waals surface area contributed by atoms with Crippen molar-refractivity contribution in [3.63, 3.8) is 0 Å². The highest BCUT2D eigenvalue weighted by atomic mass is 35.5. The number of hydrogen-bond donors (Lipinski definition) is 1. The van der Waals surface area contributed by atoms with Gasteiger partial charge in [-0.1, -0.05) is 77.0 Å². The van der Waals surface area contributed by atoms with Crippen molar-refractivity contribution in [1.29, 1.82) is 0 Å². The van der Waals surface area contributed by atoms with Crippen LogP contribution in [0.4, 0.5) is 16.5 Å². The number of aromatic nitrogens is 1. The van der Waals surface area contributed by atoms with Crippen LogP contribution in [-0.2, 0) is 0 Å². The first-order chi connectivity index (χ1) is 16.1. The van der Waals surface area contributed by atoms with Crippen molar-refractivity contribution in [3.8, 4) is 0 Å². The molecule has 0 bridgehead atoms. The van der Waals surface area contributed by atoms with E-state index in [4.69, 9.17) is 28.3 Å². The summed E-state index contributed by atoms with van der Waals surface area (Å²) >= 11 is 13.0. The highest BCUT2D eigenvalue weighted by Crippen LogP contribution is 2.41. The summed E-state index contributed by atoms with van der Waals surface area (Å²) in [5.74, 6) is 0.508. The second-order valence-electron chi connectivity index (χ2n) is 7.37.